The molecule has 0 bridgehead atoms. The Morgan fingerprint density at radius 3 is 2.75 bits per heavy atom. The summed E-state index contributed by atoms with van der Waals surface area (Å²) in [6.45, 7) is 1.44. The predicted octanol–water partition coefficient (Wildman–Crippen LogP) is 3.81. The summed E-state index contributed by atoms with van der Waals surface area (Å²) in [5.41, 5.74) is -0.156. The number of nitrogens with zero attached hydrogens (tertiary/aromatic N) is 1. The lowest BCUT2D eigenvalue weighted by Gasteiger charge is -2.23. The maximum Gasteiger partial charge on any atom is 0.312 e. The van der Waals surface area contributed by atoms with Gasteiger partial charge in [-0.05, 0) is 25.8 Å². The SMILES string of the molecule is O=[N+]([O-])c1cc(Cl)c(Cl)cc1OCCC1CCCCN1. The van der Waals surface area contributed by atoms with E-state index in [1.54, 1.807) is 0 Å². The topological polar surface area (TPSA) is 64.4 Å². The average Bonchev–Trinajstić information content (AvgIpc) is 2.43. The van der Waals surface area contributed by atoms with Crippen molar-refractivity contribution >= 4 is 28.9 Å². The maximum atomic E-state index is 11.0. The number of hydrogen-bond donors (Lipinski definition) is 1. The fourth-order valence-electron chi connectivity index (χ4n) is 2.26. The van der Waals surface area contributed by atoms with Crippen molar-refractivity contribution in [2.45, 2.75) is 31.7 Å². The van der Waals surface area contributed by atoms with E-state index in [0.29, 0.717) is 12.6 Å². The van der Waals surface area contributed by atoms with Crippen LogP contribution in [0.2, 0.25) is 10.0 Å². The normalized spacial score (nSPS) is 18.8. The van der Waals surface area contributed by atoms with Crippen LogP contribution in [0, 0.1) is 10.1 Å². The third-order valence-electron chi connectivity index (χ3n) is 3.33. The van der Waals surface area contributed by atoms with Gasteiger partial charge in [-0.2, -0.15) is 0 Å². The van der Waals surface area contributed by atoms with Crippen LogP contribution >= 0.6 is 23.2 Å². The Morgan fingerprint density at radius 1 is 1.35 bits per heavy atom. The Hall–Kier alpha value is -1.04. The van der Waals surface area contributed by atoms with Gasteiger partial charge in [0.25, 0.3) is 0 Å². The molecule has 20 heavy (non-hydrogen) atoms. The zero-order valence-corrected chi connectivity index (χ0v) is 12.4. The molecule has 1 aliphatic heterocycles. The lowest BCUT2D eigenvalue weighted by molar-refractivity contribution is -0.385. The van der Waals surface area contributed by atoms with Gasteiger partial charge < -0.3 is 10.1 Å². The van der Waals surface area contributed by atoms with Gasteiger partial charge in [0.05, 0.1) is 21.6 Å². The number of piperidine rings is 1. The average molecular weight is 319 g/mol. The van der Waals surface area contributed by atoms with Crippen LogP contribution in [0.3, 0.4) is 0 Å². The Labute approximate surface area is 127 Å². The van der Waals surface area contributed by atoms with Gasteiger partial charge >= 0.3 is 5.69 Å². The van der Waals surface area contributed by atoms with Crippen LogP contribution in [-0.4, -0.2) is 24.1 Å². The third kappa shape index (κ3) is 3.98. The van der Waals surface area contributed by atoms with Crippen LogP contribution in [0.5, 0.6) is 5.75 Å². The highest BCUT2D eigenvalue weighted by Crippen LogP contribution is 2.35. The number of benzene rings is 1. The lowest BCUT2D eigenvalue weighted by Crippen LogP contribution is -2.35. The van der Waals surface area contributed by atoms with E-state index in [2.05, 4.69) is 5.32 Å². The number of nitro benzene ring substituents is 1. The number of rotatable bonds is 5. The largest absolute Gasteiger partial charge is 0.487 e. The third-order valence-corrected chi connectivity index (χ3v) is 4.06. The highest BCUT2D eigenvalue weighted by Gasteiger charge is 2.19. The van der Waals surface area contributed by atoms with Gasteiger partial charge in [-0.3, -0.25) is 10.1 Å². The molecule has 0 aliphatic carbocycles. The van der Waals surface area contributed by atoms with E-state index >= 15 is 0 Å². The first kappa shape index (κ1) is 15.4. The van der Waals surface area contributed by atoms with E-state index < -0.39 is 4.92 Å². The van der Waals surface area contributed by atoms with Crippen molar-refractivity contribution in [1.82, 2.24) is 5.32 Å². The summed E-state index contributed by atoms with van der Waals surface area (Å²) >= 11 is 11.7. The molecule has 2 rings (SSSR count). The maximum absolute atomic E-state index is 11.0. The monoisotopic (exact) mass is 318 g/mol. The summed E-state index contributed by atoms with van der Waals surface area (Å²) in [6, 6.07) is 3.04. The summed E-state index contributed by atoms with van der Waals surface area (Å²) in [5, 5.41) is 14.8. The molecule has 7 heteroatoms. The second-order valence-corrected chi connectivity index (χ2v) is 5.59. The van der Waals surface area contributed by atoms with E-state index in [1.807, 2.05) is 0 Å². The Morgan fingerprint density at radius 2 is 2.10 bits per heavy atom. The van der Waals surface area contributed by atoms with Crippen molar-refractivity contribution in [2.24, 2.45) is 0 Å². The van der Waals surface area contributed by atoms with Gasteiger partial charge in [0.15, 0.2) is 5.75 Å². The molecule has 1 saturated heterocycles. The summed E-state index contributed by atoms with van der Waals surface area (Å²) in [6.07, 6.45) is 4.35. The van der Waals surface area contributed by atoms with Crippen molar-refractivity contribution < 1.29 is 9.66 Å². The minimum absolute atomic E-state index is 0.152. The summed E-state index contributed by atoms with van der Waals surface area (Å²) < 4.78 is 5.51. The second-order valence-electron chi connectivity index (χ2n) is 4.78. The van der Waals surface area contributed by atoms with Gasteiger partial charge in [0.1, 0.15) is 0 Å². The molecule has 1 aliphatic rings. The number of nitrogens with one attached hydrogen (secondary N) is 1. The zero-order valence-electron chi connectivity index (χ0n) is 10.9. The number of halogens is 2. The molecule has 1 heterocycles. The molecule has 5 nitrogen and oxygen atoms in total. The van der Waals surface area contributed by atoms with Crippen LogP contribution in [0.4, 0.5) is 5.69 Å². The predicted molar refractivity (Wildman–Crippen MR) is 78.9 cm³/mol. The molecule has 110 valence electrons. The molecule has 1 aromatic rings. The van der Waals surface area contributed by atoms with Crippen molar-refractivity contribution in [3.63, 3.8) is 0 Å². The molecular weight excluding hydrogens is 303 g/mol. The number of ether oxygens (including phenoxy) is 1. The van der Waals surface area contributed by atoms with E-state index in [-0.39, 0.29) is 21.5 Å². The van der Waals surface area contributed by atoms with Gasteiger partial charge in [0.2, 0.25) is 0 Å². The molecule has 1 unspecified atom stereocenters. The van der Waals surface area contributed by atoms with Crippen LogP contribution in [0.1, 0.15) is 25.7 Å². The summed E-state index contributed by atoms with van der Waals surface area (Å²) in [5.74, 6) is 0.167. The first-order valence-electron chi connectivity index (χ1n) is 6.57. The van der Waals surface area contributed by atoms with Crippen LogP contribution in [0.15, 0.2) is 12.1 Å². The van der Waals surface area contributed by atoms with Crippen molar-refractivity contribution in [3.05, 3.63) is 32.3 Å². The molecule has 1 fully saturated rings. The molecule has 0 aromatic heterocycles. The Kier molecular flexibility index (Phi) is 5.46. The highest BCUT2D eigenvalue weighted by atomic mass is 35.5. The minimum atomic E-state index is -0.517. The minimum Gasteiger partial charge on any atom is -0.487 e. The number of hydrogen-bond acceptors (Lipinski definition) is 4. The Balaban J connectivity index is 1.97. The summed E-state index contributed by atoms with van der Waals surface area (Å²) in [7, 11) is 0. The van der Waals surface area contributed by atoms with Crippen molar-refractivity contribution in [3.8, 4) is 5.75 Å². The van der Waals surface area contributed by atoms with Gasteiger partial charge in [-0.15, -0.1) is 0 Å². The van der Waals surface area contributed by atoms with E-state index in [9.17, 15) is 10.1 Å². The van der Waals surface area contributed by atoms with Crippen molar-refractivity contribution in [2.75, 3.05) is 13.2 Å². The molecule has 0 saturated carbocycles. The molecule has 0 spiro atoms. The molecule has 0 radical (unpaired) electrons. The second kappa shape index (κ2) is 7.11. The van der Waals surface area contributed by atoms with E-state index in [1.165, 1.54) is 25.0 Å². The Bertz CT molecular complexity index is 491. The zero-order chi connectivity index (χ0) is 14.5. The molecule has 1 N–H and O–H groups in total. The molecule has 1 atom stereocenters. The van der Waals surface area contributed by atoms with Gasteiger partial charge in [-0.25, -0.2) is 0 Å². The highest BCUT2D eigenvalue weighted by molar-refractivity contribution is 6.42. The van der Waals surface area contributed by atoms with Gasteiger partial charge in [-0.1, -0.05) is 29.6 Å². The van der Waals surface area contributed by atoms with Gasteiger partial charge in [0, 0.05) is 18.2 Å². The number of nitro groups is 1. The molecule has 0 amide bonds. The first-order valence-corrected chi connectivity index (χ1v) is 7.33. The lowest BCUT2D eigenvalue weighted by atomic mass is 10.0. The molecule has 1 aromatic carbocycles. The summed E-state index contributed by atoms with van der Waals surface area (Å²) in [4.78, 5) is 10.4. The fraction of sp³-hybridized carbons (Fsp3) is 0.538. The van der Waals surface area contributed by atoms with Crippen LogP contribution in [-0.2, 0) is 0 Å². The quantitative estimate of drug-likeness (QED) is 0.662. The van der Waals surface area contributed by atoms with E-state index in [4.69, 9.17) is 27.9 Å². The first-order chi connectivity index (χ1) is 9.58. The smallest absolute Gasteiger partial charge is 0.312 e. The van der Waals surface area contributed by atoms with Crippen LogP contribution < -0.4 is 10.1 Å². The van der Waals surface area contributed by atoms with Crippen LogP contribution in [0.25, 0.3) is 0 Å². The molecular formula is C13H16Cl2N2O3. The van der Waals surface area contributed by atoms with E-state index in [0.717, 1.165) is 19.4 Å². The fourth-order valence-corrected chi connectivity index (χ4v) is 2.57. The van der Waals surface area contributed by atoms with Crippen molar-refractivity contribution in [1.29, 1.82) is 0 Å². The standard InChI is InChI=1S/C13H16Cl2N2O3/c14-10-7-12(17(18)19)13(8-11(10)15)20-6-4-9-3-1-2-5-16-9/h7-9,16H,1-6H2.